The summed E-state index contributed by atoms with van der Waals surface area (Å²) >= 11 is 0. The average Bonchev–Trinajstić information content (AvgIpc) is 2.52. The molecule has 0 rings (SSSR count). The summed E-state index contributed by atoms with van der Waals surface area (Å²) in [4.78, 5) is 23.7. The van der Waals surface area contributed by atoms with Crippen LogP contribution in [-0.4, -0.2) is 56.7 Å². The molecule has 0 aromatic rings. The van der Waals surface area contributed by atoms with E-state index in [1.165, 1.54) is 38.5 Å². The van der Waals surface area contributed by atoms with E-state index in [2.05, 4.69) is 33.4 Å². The monoisotopic (exact) mass is 357 g/mol. The van der Waals surface area contributed by atoms with Crippen molar-refractivity contribution >= 4 is 11.9 Å². The first-order valence-electron chi connectivity index (χ1n) is 10.0. The summed E-state index contributed by atoms with van der Waals surface area (Å²) in [6.45, 7) is 5.47. The Balaban J connectivity index is 3.64. The number of nitrogens with zero attached hydrogens (tertiary/aromatic N) is 1. The summed E-state index contributed by atoms with van der Waals surface area (Å²) in [5.74, 6) is -0.467. The second kappa shape index (κ2) is 14.1. The minimum absolute atomic E-state index is 0.203. The lowest BCUT2D eigenvalue weighted by atomic mass is 10.1. The molecule has 0 aromatic heterocycles. The quantitative estimate of drug-likeness (QED) is 0.276. The number of esters is 1. The standard InChI is InChI=1S/C20H40N2O3/c1-6-7-8-9-10-11-12-13-15-19(23)25-18(2)20(24)21-16-14-17-22(3,4)5/h18H,6-17H2,1-5H3/p+1. The van der Waals surface area contributed by atoms with Gasteiger partial charge in [-0.25, -0.2) is 0 Å². The minimum atomic E-state index is -0.703. The first-order chi connectivity index (χ1) is 11.8. The van der Waals surface area contributed by atoms with E-state index in [-0.39, 0.29) is 11.9 Å². The smallest absolute Gasteiger partial charge is 0.306 e. The number of ether oxygens (including phenoxy) is 1. The van der Waals surface area contributed by atoms with Crippen molar-refractivity contribution in [3.05, 3.63) is 0 Å². The highest BCUT2D eigenvalue weighted by Gasteiger charge is 2.17. The molecule has 0 aliphatic heterocycles. The highest BCUT2D eigenvalue weighted by molar-refractivity contribution is 5.83. The number of carbonyl (C=O) groups excluding carboxylic acids is 2. The molecule has 0 spiro atoms. The van der Waals surface area contributed by atoms with Crippen molar-refractivity contribution in [2.24, 2.45) is 0 Å². The molecule has 0 heterocycles. The van der Waals surface area contributed by atoms with Gasteiger partial charge in [0.2, 0.25) is 0 Å². The normalized spacial score (nSPS) is 12.7. The number of rotatable bonds is 15. The van der Waals surface area contributed by atoms with Gasteiger partial charge >= 0.3 is 5.97 Å². The second-order valence-electron chi connectivity index (χ2n) is 8.02. The van der Waals surface area contributed by atoms with Gasteiger partial charge in [-0.2, -0.15) is 0 Å². The molecule has 0 saturated heterocycles. The van der Waals surface area contributed by atoms with E-state index in [1.807, 2.05) is 0 Å². The largest absolute Gasteiger partial charge is 0.453 e. The predicted molar refractivity (Wildman–Crippen MR) is 103 cm³/mol. The maximum atomic E-state index is 11.9. The van der Waals surface area contributed by atoms with E-state index < -0.39 is 6.10 Å². The summed E-state index contributed by atoms with van der Waals surface area (Å²) in [5, 5.41) is 2.83. The molecular formula is C20H41N2O3+. The van der Waals surface area contributed by atoms with Crippen LogP contribution in [0.5, 0.6) is 0 Å². The van der Waals surface area contributed by atoms with Crippen LogP contribution in [0.25, 0.3) is 0 Å². The molecule has 0 bridgehead atoms. The SMILES string of the molecule is CCCCCCCCCCC(=O)OC(C)C(=O)NCCC[N+](C)(C)C. The zero-order chi connectivity index (χ0) is 19.1. The van der Waals surface area contributed by atoms with Crippen LogP contribution in [0.15, 0.2) is 0 Å². The zero-order valence-electron chi connectivity index (χ0n) is 17.2. The first kappa shape index (κ1) is 23.9. The van der Waals surface area contributed by atoms with Gasteiger partial charge in [0.15, 0.2) is 6.10 Å². The Bertz CT molecular complexity index is 364. The molecule has 25 heavy (non-hydrogen) atoms. The van der Waals surface area contributed by atoms with Gasteiger partial charge in [0.25, 0.3) is 5.91 Å². The second-order valence-corrected chi connectivity index (χ2v) is 8.02. The van der Waals surface area contributed by atoms with Crippen molar-refractivity contribution in [2.75, 3.05) is 34.2 Å². The Kier molecular flexibility index (Phi) is 13.5. The number of carbonyl (C=O) groups is 2. The van der Waals surface area contributed by atoms with Crippen LogP contribution in [0.4, 0.5) is 0 Å². The van der Waals surface area contributed by atoms with E-state index in [0.717, 1.165) is 30.3 Å². The van der Waals surface area contributed by atoms with E-state index in [0.29, 0.717) is 13.0 Å². The molecule has 0 radical (unpaired) electrons. The molecule has 1 N–H and O–H groups in total. The van der Waals surface area contributed by atoms with E-state index in [4.69, 9.17) is 4.74 Å². The maximum Gasteiger partial charge on any atom is 0.306 e. The summed E-state index contributed by atoms with van der Waals surface area (Å²) in [7, 11) is 6.37. The lowest BCUT2D eigenvalue weighted by molar-refractivity contribution is -0.870. The molecule has 0 saturated carbocycles. The zero-order valence-corrected chi connectivity index (χ0v) is 17.2. The Hall–Kier alpha value is -1.10. The predicted octanol–water partition coefficient (Wildman–Crippen LogP) is 3.66. The summed E-state index contributed by atoms with van der Waals surface area (Å²) in [6.07, 6.45) is 10.2. The molecule has 5 nitrogen and oxygen atoms in total. The van der Waals surface area contributed by atoms with Crippen molar-refractivity contribution in [1.29, 1.82) is 0 Å². The van der Waals surface area contributed by atoms with Gasteiger partial charge in [0.05, 0.1) is 27.7 Å². The Labute approximate surface area is 155 Å². The number of nitrogens with one attached hydrogen (secondary N) is 1. The molecule has 0 aliphatic carbocycles. The van der Waals surface area contributed by atoms with Crippen LogP contribution >= 0.6 is 0 Å². The van der Waals surface area contributed by atoms with Gasteiger partial charge in [-0.05, 0) is 13.3 Å². The highest BCUT2D eigenvalue weighted by atomic mass is 16.5. The van der Waals surface area contributed by atoms with Gasteiger partial charge in [-0.1, -0.05) is 51.9 Å². The van der Waals surface area contributed by atoms with Crippen LogP contribution in [0.3, 0.4) is 0 Å². The van der Waals surface area contributed by atoms with Crippen molar-refractivity contribution < 1.29 is 18.8 Å². The Morgan fingerprint density at radius 3 is 2.04 bits per heavy atom. The van der Waals surface area contributed by atoms with Crippen LogP contribution in [0, 0.1) is 0 Å². The molecule has 1 unspecified atom stereocenters. The Morgan fingerprint density at radius 2 is 1.48 bits per heavy atom. The summed E-state index contributed by atoms with van der Waals surface area (Å²) < 4.78 is 6.09. The number of amides is 1. The summed E-state index contributed by atoms with van der Waals surface area (Å²) in [5.41, 5.74) is 0. The molecular weight excluding hydrogens is 316 g/mol. The highest BCUT2D eigenvalue weighted by Crippen LogP contribution is 2.10. The Morgan fingerprint density at radius 1 is 0.920 bits per heavy atom. The summed E-state index contributed by atoms with van der Waals surface area (Å²) in [6, 6.07) is 0. The third-order valence-corrected chi connectivity index (χ3v) is 4.22. The maximum absolute atomic E-state index is 11.9. The van der Waals surface area contributed by atoms with Gasteiger partial charge < -0.3 is 14.5 Å². The fraction of sp³-hybridized carbons (Fsp3) is 0.900. The molecule has 5 heteroatoms. The van der Waals surface area contributed by atoms with Gasteiger partial charge in [-0.3, -0.25) is 9.59 Å². The van der Waals surface area contributed by atoms with Gasteiger partial charge in [-0.15, -0.1) is 0 Å². The minimum Gasteiger partial charge on any atom is -0.453 e. The lowest BCUT2D eigenvalue weighted by Crippen LogP contribution is -2.40. The van der Waals surface area contributed by atoms with Crippen molar-refractivity contribution in [3.8, 4) is 0 Å². The fourth-order valence-corrected chi connectivity index (χ4v) is 2.62. The van der Waals surface area contributed by atoms with Crippen LogP contribution in [-0.2, 0) is 14.3 Å². The van der Waals surface area contributed by atoms with Gasteiger partial charge in [0.1, 0.15) is 0 Å². The average molecular weight is 358 g/mol. The molecule has 1 amide bonds. The van der Waals surface area contributed by atoms with Crippen molar-refractivity contribution in [2.45, 2.75) is 84.2 Å². The van der Waals surface area contributed by atoms with Crippen LogP contribution in [0.2, 0.25) is 0 Å². The number of hydrogen-bond donors (Lipinski definition) is 1. The van der Waals surface area contributed by atoms with E-state index in [1.54, 1.807) is 6.92 Å². The van der Waals surface area contributed by atoms with E-state index >= 15 is 0 Å². The molecule has 148 valence electrons. The molecule has 0 aliphatic rings. The van der Waals surface area contributed by atoms with Crippen molar-refractivity contribution in [3.63, 3.8) is 0 Å². The third-order valence-electron chi connectivity index (χ3n) is 4.22. The van der Waals surface area contributed by atoms with Crippen LogP contribution in [0.1, 0.15) is 78.1 Å². The topological polar surface area (TPSA) is 55.4 Å². The van der Waals surface area contributed by atoms with E-state index in [9.17, 15) is 9.59 Å². The third kappa shape index (κ3) is 16.1. The van der Waals surface area contributed by atoms with Crippen LogP contribution < -0.4 is 5.32 Å². The number of unbranched alkanes of at least 4 members (excludes halogenated alkanes) is 7. The molecule has 0 aromatic carbocycles. The molecule has 1 atom stereocenters. The number of hydrogen-bond acceptors (Lipinski definition) is 3. The lowest BCUT2D eigenvalue weighted by Gasteiger charge is -2.23. The fourth-order valence-electron chi connectivity index (χ4n) is 2.62. The molecule has 0 fully saturated rings. The first-order valence-corrected chi connectivity index (χ1v) is 10.0. The van der Waals surface area contributed by atoms with Gasteiger partial charge in [0, 0.05) is 19.4 Å². The number of quaternary nitrogens is 1. The van der Waals surface area contributed by atoms with Crippen molar-refractivity contribution in [1.82, 2.24) is 5.32 Å².